The van der Waals surface area contributed by atoms with Crippen LogP contribution in [0.25, 0.3) is 0 Å². The molecule has 1 aliphatic rings. The standard InChI is InChI=1S/C30H34N4O7S/c1-30(2,28(36)31-20-21-16-18-34(19-17-21)29(37)38)32-27(35)22-12-14-24(15-13-22)42(39,40)33-25-10-6-7-11-26(25)41-23-8-4-3-5-9-23/h3-15,21,33H,16-20H2,1-2H3,(H,31,36)(H,32,35)(H,37,38). The van der Waals surface area contributed by atoms with Crippen LogP contribution in [0.5, 0.6) is 11.5 Å². The lowest BCUT2D eigenvalue weighted by molar-refractivity contribution is -0.126. The number of hydrogen-bond acceptors (Lipinski definition) is 6. The number of anilines is 1. The minimum Gasteiger partial charge on any atom is -0.465 e. The summed E-state index contributed by atoms with van der Waals surface area (Å²) in [5.41, 5.74) is -0.805. The third-order valence-corrected chi connectivity index (χ3v) is 8.34. The van der Waals surface area contributed by atoms with E-state index >= 15 is 0 Å². The zero-order valence-electron chi connectivity index (χ0n) is 23.4. The van der Waals surface area contributed by atoms with Crippen LogP contribution in [-0.2, 0) is 14.8 Å². The number of sulfonamides is 1. The Morgan fingerprint density at radius 3 is 2.19 bits per heavy atom. The summed E-state index contributed by atoms with van der Waals surface area (Å²) >= 11 is 0. The summed E-state index contributed by atoms with van der Waals surface area (Å²) in [6, 6.07) is 21.0. The van der Waals surface area contributed by atoms with Crippen molar-refractivity contribution in [3.05, 3.63) is 84.4 Å². The Bertz CT molecular complexity index is 1520. The number of carbonyl (C=O) groups is 3. The van der Waals surface area contributed by atoms with Crippen molar-refractivity contribution in [2.75, 3.05) is 24.4 Å². The summed E-state index contributed by atoms with van der Waals surface area (Å²) in [5.74, 6) is 0.113. The van der Waals surface area contributed by atoms with Crippen LogP contribution < -0.4 is 20.1 Å². The van der Waals surface area contributed by atoms with E-state index in [-0.39, 0.29) is 28.0 Å². The molecular formula is C30H34N4O7S. The molecule has 0 bridgehead atoms. The number of carboxylic acid groups (broad SMARTS) is 1. The molecule has 4 rings (SSSR count). The van der Waals surface area contributed by atoms with E-state index in [9.17, 15) is 22.8 Å². The molecule has 42 heavy (non-hydrogen) atoms. The molecule has 0 atom stereocenters. The fraction of sp³-hybridized carbons (Fsp3) is 0.300. The lowest BCUT2D eigenvalue weighted by Gasteiger charge is -2.31. The van der Waals surface area contributed by atoms with Crippen molar-refractivity contribution in [2.24, 2.45) is 5.92 Å². The van der Waals surface area contributed by atoms with Gasteiger partial charge in [0.2, 0.25) is 5.91 Å². The molecule has 0 aromatic heterocycles. The van der Waals surface area contributed by atoms with Gasteiger partial charge in [-0.3, -0.25) is 14.3 Å². The molecule has 12 heteroatoms. The minimum atomic E-state index is -4.01. The number of ether oxygens (including phenoxy) is 1. The molecule has 0 unspecified atom stereocenters. The summed E-state index contributed by atoms with van der Waals surface area (Å²) in [7, 11) is -4.01. The van der Waals surface area contributed by atoms with E-state index < -0.39 is 27.6 Å². The zero-order valence-corrected chi connectivity index (χ0v) is 24.2. The summed E-state index contributed by atoms with van der Waals surface area (Å²) in [5, 5.41) is 14.6. The van der Waals surface area contributed by atoms with E-state index in [2.05, 4.69) is 15.4 Å². The van der Waals surface area contributed by atoms with E-state index in [1.807, 2.05) is 18.2 Å². The average Bonchev–Trinajstić information content (AvgIpc) is 2.97. The van der Waals surface area contributed by atoms with Crippen LogP contribution in [0.2, 0.25) is 0 Å². The highest BCUT2D eigenvalue weighted by atomic mass is 32.2. The first-order valence-corrected chi connectivity index (χ1v) is 15.0. The van der Waals surface area contributed by atoms with Gasteiger partial charge in [-0.1, -0.05) is 30.3 Å². The molecule has 11 nitrogen and oxygen atoms in total. The van der Waals surface area contributed by atoms with Crippen molar-refractivity contribution >= 4 is 33.6 Å². The van der Waals surface area contributed by atoms with Crippen LogP contribution in [0.4, 0.5) is 10.5 Å². The highest BCUT2D eigenvalue weighted by Crippen LogP contribution is 2.31. The Morgan fingerprint density at radius 2 is 1.55 bits per heavy atom. The van der Waals surface area contributed by atoms with Gasteiger partial charge in [-0.25, -0.2) is 13.2 Å². The molecule has 0 saturated carbocycles. The number of carbonyl (C=O) groups excluding carboxylic acids is 2. The van der Waals surface area contributed by atoms with E-state index in [4.69, 9.17) is 9.84 Å². The molecule has 1 saturated heterocycles. The van der Waals surface area contributed by atoms with Crippen LogP contribution in [0.15, 0.2) is 83.8 Å². The number of rotatable bonds is 10. The highest BCUT2D eigenvalue weighted by molar-refractivity contribution is 7.92. The predicted octanol–water partition coefficient (Wildman–Crippen LogP) is 4.29. The number of para-hydroxylation sites is 3. The van der Waals surface area contributed by atoms with Gasteiger partial charge in [-0.05, 0) is 81.1 Å². The molecule has 222 valence electrons. The van der Waals surface area contributed by atoms with Crippen molar-refractivity contribution in [1.29, 1.82) is 0 Å². The van der Waals surface area contributed by atoms with Gasteiger partial charge < -0.3 is 25.4 Å². The minimum absolute atomic E-state index is 0.0560. The molecule has 3 amide bonds. The Hall–Kier alpha value is -4.58. The Kier molecular flexibility index (Phi) is 9.36. The summed E-state index contributed by atoms with van der Waals surface area (Å²) < 4.78 is 34.6. The Balaban J connectivity index is 1.34. The highest BCUT2D eigenvalue weighted by Gasteiger charge is 2.31. The molecule has 3 aromatic carbocycles. The molecule has 0 radical (unpaired) electrons. The maximum atomic E-state index is 13.1. The molecule has 1 heterocycles. The number of benzene rings is 3. The van der Waals surface area contributed by atoms with Crippen molar-refractivity contribution in [2.45, 2.75) is 37.1 Å². The maximum Gasteiger partial charge on any atom is 0.407 e. The number of nitrogens with one attached hydrogen (secondary N) is 3. The van der Waals surface area contributed by atoms with Gasteiger partial charge in [-0.2, -0.15) is 0 Å². The molecule has 1 fully saturated rings. The van der Waals surface area contributed by atoms with Crippen LogP contribution in [0.3, 0.4) is 0 Å². The number of likely N-dealkylation sites (tertiary alicyclic amines) is 1. The van der Waals surface area contributed by atoms with Crippen LogP contribution >= 0.6 is 0 Å². The topological polar surface area (TPSA) is 154 Å². The van der Waals surface area contributed by atoms with Gasteiger partial charge in [0.15, 0.2) is 5.75 Å². The first-order valence-electron chi connectivity index (χ1n) is 13.5. The van der Waals surface area contributed by atoms with Crippen LogP contribution in [0, 0.1) is 5.92 Å². The number of nitrogens with zero attached hydrogens (tertiary/aromatic N) is 1. The third-order valence-electron chi connectivity index (χ3n) is 6.96. The van der Waals surface area contributed by atoms with Gasteiger partial charge in [0.1, 0.15) is 11.3 Å². The second-order valence-corrected chi connectivity index (χ2v) is 12.2. The Morgan fingerprint density at radius 1 is 0.929 bits per heavy atom. The molecule has 1 aliphatic heterocycles. The van der Waals surface area contributed by atoms with Gasteiger partial charge in [0, 0.05) is 25.2 Å². The van der Waals surface area contributed by atoms with E-state index in [1.165, 1.54) is 29.2 Å². The van der Waals surface area contributed by atoms with Crippen molar-refractivity contribution in [1.82, 2.24) is 15.5 Å². The largest absolute Gasteiger partial charge is 0.465 e. The normalized spacial score (nSPS) is 14.1. The monoisotopic (exact) mass is 594 g/mol. The smallest absolute Gasteiger partial charge is 0.407 e. The molecule has 0 spiro atoms. The first kappa shape index (κ1) is 30.4. The lowest BCUT2D eigenvalue weighted by atomic mass is 9.96. The fourth-order valence-electron chi connectivity index (χ4n) is 4.44. The zero-order chi connectivity index (χ0) is 30.3. The predicted molar refractivity (Wildman–Crippen MR) is 157 cm³/mol. The number of piperidine rings is 1. The van der Waals surface area contributed by atoms with Crippen LogP contribution in [0.1, 0.15) is 37.0 Å². The maximum absolute atomic E-state index is 13.1. The van der Waals surface area contributed by atoms with Gasteiger partial charge in [0.05, 0.1) is 10.6 Å². The molecule has 4 N–H and O–H groups in total. The second kappa shape index (κ2) is 12.9. The quantitative estimate of drug-likeness (QED) is 0.273. The van der Waals surface area contributed by atoms with Gasteiger partial charge in [-0.15, -0.1) is 0 Å². The SMILES string of the molecule is CC(C)(NC(=O)c1ccc(S(=O)(=O)Nc2ccccc2Oc2ccccc2)cc1)C(=O)NCC1CCN(C(=O)O)CC1. The summed E-state index contributed by atoms with van der Waals surface area (Å²) in [6.07, 6.45) is 0.353. The van der Waals surface area contributed by atoms with E-state index in [0.717, 1.165) is 0 Å². The number of amides is 3. The average molecular weight is 595 g/mol. The van der Waals surface area contributed by atoms with Crippen molar-refractivity contribution in [3.8, 4) is 11.5 Å². The second-order valence-electron chi connectivity index (χ2n) is 10.5. The van der Waals surface area contributed by atoms with E-state index in [1.54, 1.807) is 50.2 Å². The molecule has 3 aromatic rings. The van der Waals surface area contributed by atoms with Gasteiger partial charge >= 0.3 is 6.09 Å². The molecular weight excluding hydrogens is 560 g/mol. The van der Waals surface area contributed by atoms with Gasteiger partial charge in [0.25, 0.3) is 15.9 Å². The van der Waals surface area contributed by atoms with Crippen molar-refractivity contribution in [3.63, 3.8) is 0 Å². The fourth-order valence-corrected chi connectivity index (χ4v) is 5.51. The third kappa shape index (κ3) is 7.78. The van der Waals surface area contributed by atoms with Crippen LogP contribution in [-0.4, -0.2) is 61.5 Å². The lowest BCUT2D eigenvalue weighted by Crippen LogP contribution is -2.55. The first-order chi connectivity index (χ1) is 19.9. The Labute approximate surface area is 244 Å². The molecule has 0 aliphatic carbocycles. The summed E-state index contributed by atoms with van der Waals surface area (Å²) in [4.78, 5) is 38.1. The van der Waals surface area contributed by atoms with Crippen molar-refractivity contribution < 1.29 is 32.6 Å². The number of hydrogen-bond donors (Lipinski definition) is 4. The van der Waals surface area contributed by atoms with E-state index in [0.29, 0.717) is 44.0 Å². The summed E-state index contributed by atoms with van der Waals surface area (Å²) in [6.45, 7) is 4.37.